The Kier molecular flexibility index (Phi) is 5.53. The van der Waals surface area contributed by atoms with Crippen molar-refractivity contribution in [1.82, 2.24) is 0 Å². The van der Waals surface area contributed by atoms with E-state index >= 15 is 0 Å². The highest BCUT2D eigenvalue weighted by Crippen LogP contribution is 2.51. The molecule has 0 saturated carbocycles. The van der Waals surface area contributed by atoms with E-state index in [9.17, 15) is 15.3 Å². The zero-order valence-corrected chi connectivity index (χ0v) is 20.4. The first-order chi connectivity index (χ1) is 16.3. The van der Waals surface area contributed by atoms with Crippen LogP contribution in [-0.4, -0.2) is 16.7 Å². The molecule has 2 N–H and O–H groups in total. The van der Waals surface area contributed by atoms with Gasteiger partial charge in [-0.25, -0.2) is 0 Å². The van der Waals surface area contributed by atoms with Crippen LogP contribution in [0.25, 0.3) is 5.76 Å². The molecule has 1 atom stereocenters. The third-order valence-electron chi connectivity index (χ3n) is 6.64. The number of nitrogens with one attached hydrogen (secondary N) is 1. The van der Waals surface area contributed by atoms with Crippen LogP contribution in [0.15, 0.2) is 89.0 Å². The second kappa shape index (κ2) is 8.41. The molecule has 2 heterocycles. The number of amidine groups is 1. The third-order valence-corrected chi connectivity index (χ3v) is 7.58. The molecule has 172 valence electrons. The zero-order valence-electron chi connectivity index (χ0n) is 19.6. The van der Waals surface area contributed by atoms with Crippen LogP contribution in [0.3, 0.4) is 0 Å². The molecule has 0 bridgehead atoms. The van der Waals surface area contributed by atoms with Crippen molar-refractivity contribution in [3.05, 3.63) is 105 Å². The fraction of sp³-hybridized carbons (Fsp3) is 0.241. The van der Waals surface area contributed by atoms with Crippen molar-refractivity contribution in [3.8, 4) is 0 Å². The van der Waals surface area contributed by atoms with Crippen molar-refractivity contribution in [2.24, 2.45) is 5.41 Å². The molecule has 5 rings (SSSR count). The van der Waals surface area contributed by atoms with E-state index in [0.717, 1.165) is 21.8 Å². The van der Waals surface area contributed by atoms with Gasteiger partial charge in [-0.2, -0.15) is 0 Å². The predicted octanol–water partition coefficient (Wildman–Crippen LogP) is 7.25. The number of anilines is 1. The number of Topliss-reactive ketones (excluding diaryl/α,β-unsaturated/α-hetero) is 1. The summed E-state index contributed by atoms with van der Waals surface area (Å²) in [6.07, 6.45) is 1.13. The molecule has 34 heavy (non-hydrogen) atoms. The second-order valence-corrected chi connectivity index (χ2v) is 10.9. The number of benzene rings is 2. The van der Waals surface area contributed by atoms with Crippen molar-refractivity contribution in [1.29, 1.82) is 5.41 Å². The van der Waals surface area contributed by atoms with Crippen LogP contribution >= 0.6 is 11.3 Å². The number of carbonyl (C=O) groups excluding carboxylic acids is 1. The number of rotatable bonds is 3. The van der Waals surface area contributed by atoms with Crippen molar-refractivity contribution >= 4 is 34.4 Å². The van der Waals surface area contributed by atoms with Crippen LogP contribution < -0.4 is 4.90 Å². The van der Waals surface area contributed by atoms with Gasteiger partial charge in [0.2, 0.25) is 0 Å². The van der Waals surface area contributed by atoms with Gasteiger partial charge in [-0.3, -0.25) is 15.1 Å². The van der Waals surface area contributed by atoms with Gasteiger partial charge in [0.25, 0.3) is 0 Å². The van der Waals surface area contributed by atoms with Crippen molar-refractivity contribution in [2.75, 3.05) is 4.90 Å². The van der Waals surface area contributed by atoms with E-state index in [1.165, 1.54) is 0 Å². The Labute approximate surface area is 204 Å². The molecule has 1 aromatic heterocycles. The quantitative estimate of drug-likeness (QED) is 0.398. The standard InChI is InChI=1S/C29H28N2O2S/c1-18-11-13-20(14-12-18)31-21-16-29(2,3)17-22(32)24(21)25(23-10-7-15-34-23)26(28(31)30)27(33)19-8-5-4-6-9-19/h4-15,25,30,33H,16-17H2,1-3H3/b27-26+,30-28?. The van der Waals surface area contributed by atoms with Crippen molar-refractivity contribution in [3.63, 3.8) is 0 Å². The van der Waals surface area contributed by atoms with Crippen LogP contribution in [0.1, 0.15) is 48.6 Å². The largest absolute Gasteiger partial charge is 0.507 e. The lowest BCUT2D eigenvalue weighted by atomic mass is 9.68. The molecule has 4 nitrogen and oxygen atoms in total. The minimum Gasteiger partial charge on any atom is -0.507 e. The molecule has 2 aromatic carbocycles. The number of nitrogens with zero attached hydrogens (tertiary/aromatic N) is 1. The summed E-state index contributed by atoms with van der Waals surface area (Å²) >= 11 is 1.56. The maximum absolute atomic E-state index is 13.7. The maximum Gasteiger partial charge on any atom is 0.162 e. The van der Waals surface area contributed by atoms with E-state index in [4.69, 9.17) is 0 Å². The molecular weight excluding hydrogens is 440 g/mol. The van der Waals surface area contributed by atoms with Gasteiger partial charge in [-0.05, 0) is 42.3 Å². The lowest BCUT2D eigenvalue weighted by molar-refractivity contribution is -0.118. The predicted molar refractivity (Wildman–Crippen MR) is 139 cm³/mol. The number of thiophene rings is 1. The Bertz CT molecular complexity index is 1320. The molecule has 0 amide bonds. The van der Waals surface area contributed by atoms with Gasteiger partial charge in [0.05, 0.1) is 11.5 Å². The van der Waals surface area contributed by atoms with E-state index in [-0.39, 0.29) is 22.8 Å². The number of aliphatic hydroxyl groups excluding tert-OH is 1. The van der Waals surface area contributed by atoms with Gasteiger partial charge in [0.15, 0.2) is 5.78 Å². The molecule has 0 saturated heterocycles. The summed E-state index contributed by atoms with van der Waals surface area (Å²) in [7, 11) is 0. The number of carbonyl (C=O) groups is 1. The normalized spacial score (nSPS) is 21.5. The number of allylic oxidation sites excluding steroid dienone is 2. The summed E-state index contributed by atoms with van der Waals surface area (Å²) in [5, 5.41) is 22.9. The smallest absolute Gasteiger partial charge is 0.162 e. The van der Waals surface area contributed by atoms with Gasteiger partial charge in [0.1, 0.15) is 11.6 Å². The lowest BCUT2D eigenvalue weighted by Crippen LogP contribution is -2.45. The third kappa shape index (κ3) is 3.80. The molecule has 2 aliphatic rings. The number of ketones is 1. The first-order valence-corrected chi connectivity index (χ1v) is 12.4. The fourth-order valence-corrected chi connectivity index (χ4v) is 5.93. The topological polar surface area (TPSA) is 64.4 Å². The van der Waals surface area contributed by atoms with Crippen molar-refractivity contribution in [2.45, 2.75) is 39.5 Å². The van der Waals surface area contributed by atoms with E-state index in [1.807, 2.05) is 83.9 Å². The van der Waals surface area contributed by atoms with Crippen LogP contribution in [0.5, 0.6) is 0 Å². The van der Waals surface area contributed by atoms with Gasteiger partial charge < -0.3 is 5.11 Å². The van der Waals surface area contributed by atoms with Crippen molar-refractivity contribution < 1.29 is 9.90 Å². The minimum atomic E-state index is -0.465. The highest BCUT2D eigenvalue weighted by atomic mass is 32.1. The van der Waals surface area contributed by atoms with Crippen LogP contribution in [-0.2, 0) is 4.79 Å². The summed E-state index contributed by atoms with van der Waals surface area (Å²) in [4.78, 5) is 16.6. The van der Waals surface area contributed by atoms with E-state index in [2.05, 4.69) is 13.8 Å². The average Bonchev–Trinajstić information content (AvgIpc) is 3.33. The van der Waals surface area contributed by atoms with Crippen LogP contribution in [0.2, 0.25) is 0 Å². The average molecular weight is 469 g/mol. The first-order valence-electron chi connectivity index (χ1n) is 11.5. The molecule has 3 aromatic rings. The van der Waals surface area contributed by atoms with Crippen LogP contribution in [0, 0.1) is 17.7 Å². The molecule has 0 spiro atoms. The Balaban J connectivity index is 1.83. The first kappa shape index (κ1) is 22.4. The second-order valence-electron chi connectivity index (χ2n) is 9.90. The minimum absolute atomic E-state index is 0.0466. The van der Waals surface area contributed by atoms with E-state index < -0.39 is 5.92 Å². The van der Waals surface area contributed by atoms with Crippen LogP contribution in [0.4, 0.5) is 5.69 Å². The highest BCUT2D eigenvalue weighted by molar-refractivity contribution is 7.10. The molecule has 1 aliphatic carbocycles. The van der Waals surface area contributed by atoms with E-state index in [0.29, 0.717) is 29.6 Å². The van der Waals surface area contributed by atoms with Gasteiger partial charge >= 0.3 is 0 Å². The number of aryl methyl sites for hydroxylation is 1. The molecule has 0 radical (unpaired) electrons. The highest BCUT2D eigenvalue weighted by Gasteiger charge is 2.47. The molecular formula is C29H28N2O2S. The number of hydrogen-bond donors (Lipinski definition) is 2. The molecule has 1 aliphatic heterocycles. The molecule has 0 fully saturated rings. The summed E-state index contributed by atoms with van der Waals surface area (Å²) in [5.41, 5.74) is 4.44. The Morgan fingerprint density at radius 3 is 2.38 bits per heavy atom. The Hall–Kier alpha value is -3.44. The molecule has 1 unspecified atom stereocenters. The Morgan fingerprint density at radius 1 is 1.03 bits per heavy atom. The number of hydrogen-bond acceptors (Lipinski definition) is 4. The lowest BCUT2D eigenvalue weighted by Gasteiger charge is -2.45. The van der Waals surface area contributed by atoms with Gasteiger partial charge in [-0.1, -0.05) is 67.9 Å². The summed E-state index contributed by atoms with van der Waals surface area (Å²) < 4.78 is 0. The van der Waals surface area contributed by atoms with Gasteiger partial charge in [0, 0.05) is 33.8 Å². The zero-order chi connectivity index (χ0) is 24.0. The van der Waals surface area contributed by atoms with E-state index in [1.54, 1.807) is 11.3 Å². The summed E-state index contributed by atoms with van der Waals surface area (Å²) in [5.74, 6) is -0.112. The Morgan fingerprint density at radius 2 is 1.74 bits per heavy atom. The molecule has 5 heteroatoms. The fourth-order valence-electron chi connectivity index (χ4n) is 5.08. The SMILES string of the molecule is Cc1ccc(N2C(=N)/C(=C(/O)c3ccccc3)C(c3cccs3)C3=C2CC(C)(C)CC3=O)cc1. The summed E-state index contributed by atoms with van der Waals surface area (Å²) in [6.45, 7) is 6.25. The maximum atomic E-state index is 13.7. The number of aliphatic hydroxyl groups is 1. The summed E-state index contributed by atoms with van der Waals surface area (Å²) in [6, 6.07) is 21.3. The monoisotopic (exact) mass is 468 g/mol. The van der Waals surface area contributed by atoms with Gasteiger partial charge in [-0.15, -0.1) is 11.3 Å².